The van der Waals surface area contributed by atoms with E-state index >= 15 is 0 Å². The lowest BCUT2D eigenvalue weighted by Crippen LogP contribution is -2.24. The molecule has 0 aliphatic heterocycles. The maximum Gasteiger partial charge on any atom is 0.0992 e. The van der Waals surface area contributed by atoms with Crippen LogP contribution in [0.5, 0.6) is 0 Å². The SMILES string of the molecule is CCC(Nc1cc(Br)cc(C#N)c1)C(C)C. The zero-order valence-electron chi connectivity index (χ0n) is 9.92. The molecule has 0 spiro atoms. The third-order valence-electron chi connectivity index (χ3n) is 2.62. The molecule has 0 aliphatic carbocycles. The molecule has 1 unspecified atom stereocenters. The van der Waals surface area contributed by atoms with Crippen LogP contribution in [0.2, 0.25) is 0 Å². The predicted octanol–water partition coefficient (Wildman–Crippen LogP) is 4.17. The van der Waals surface area contributed by atoms with Crippen molar-refractivity contribution in [3.63, 3.8) is 0 Å². The Kier molecular flexibility index (Phi) is 4.82. The second-order valence-electron chi connectivity index (χ2n) is 4.24. The summed E-state index contributed by atoms with van der Waals surface area (Å²) in [5.74, 6) is 0.578. The first-order valence-electron chi connectivity index (χ1n) is 5.54. The van der Waals surface area contributed by atoms with Gasteiger partial charge in [0.25, 0.3) is 0 Å². The van der Waals surface area contributed by atoms with E-state index in [0.717, 1.165) is 16.6 Å². The van der Waals surface area contributed by atoms with Gasteiger partial charge in [0.15, 0.2) is 0 Å². The molecule has 0 saturated heterocycles. The van der Waals surface area contributed by atoms with Crippen molar-refractivity contribution in [1.82, 2.24) is 0 Å². The molecular weight excluding hydrogens is 264 g/mol. The second kappa shape index (κ2) is 5.91. The average Bonchev–Trinajstić information content (AvgIpc) is 2.24. The summed E-state index contributed by atoms with van der Waals surface area (Å²) in [7, 11) is 0. The van der Waals surface area contributed by atoms with Gasteiger partial charge >= 0.3 is 0 Å². The van der Waals surface area contributed by atoms with Crippen LogP contribution in [0.25, 0.3) is 0 Å². The summed E-state index contributed by atoms with van der Waals surface area (Å²) in [6, 6.07) is 8.32. The fourth-order valence-corrected chi connectivity index (χ4v) is 2.18. The van der Waals surface area contributed by atoms with Crippen LogP contribution >= 0.6 is 15.9 Å². The maximum absolute atomic E-state index is 8.89. The molecule has 2 nitrogen and oxygen atoms in total. The van der Waals surface area contributed by atoms with E-state index in [1.54, 1.807) is 0 Å². The van der Waals surface area contributed by atoms with Gasteiger partial charge < -0.3 is 5.32 Å². The molecule has 1 rings (SSSR count). The molecule has 16 heavy (non-hydrogen) atoms. The van der Waals surface area contributed by atoms with Crippen LogP contribution in [0.3, 0.4) is 0 Å². The molecule has 0 saturated carbocycles. The third kappa shape index (κ3) is 3.53. The summed E-state index contributed by atoms with van der Waals surface area (Å²) in [5, 5.41) is 12.4. The van der Waals surface area contributed by atoms with Crippen LogP contribution in [0.15, 0.2) is 22.7 Å². The Balaban J connectivity index is 2.88. The summed E-state index contributed by atoms with van der Waals surface area (Å²) < 4.78 is 0.938. The van der Waals surface area contributed by atoms with E-state index in [2.05, 4.69) is 48.1 Å². The molecule has 0 radical (unpaired) electrons. The van der Waals surface area contributed by atoms with Crippen molar-refractivity contribution in [2.24, 2.45) is 5.92 Å². The number of nitrogens with one attached hydrogen (secondary N) is 1. The number of hydrogen-bond donors (Lipinski definition) is 1. The smallest absolute Gasteiger partial charge is 0.0992 e. The third-order valence-corrected chi connectivity index (χ3v) is 3.08. The summed E-state index contributed by atoms with van der Waals surface area (Å²) >= 11 is 3.41. The van der Waals surface area contributed by atoms with E-state index in [9.17, 15) is 0 Å². The Morgan fingerprint density at radius 2 is 2.06 bits per heavy atom. The molecule has 0 aliphatic rings. The minimum Gasteiger partial charge on any atom is -0.382 e. The Morgan fingerprint density at radius 3 is 2.56 bits per heavy atom. The van der Waals surface area contributed by atoms with Gasteiger partial charge in [0.05, 0.1) is 11.6 Å². The predicted molar refractivity (Wildman–Crippen MR) is 71.4 cm³/mol. The zero-order valence-corrected chi connectivity index (χ0v) is 11.5. The molecule has 0 amide bonds. The molecule has 0 bridgehead atoms. The summed E-state index contributed by atoms with van der Waals surface area (Å²) in [6.07, 6.45) is 1.08. The molecule has 1 atom stereocenters. The van der Waals surface area contributed by atoms with Crippen molar-refractivity contribution in [1.29, 1.82) is 5.26 Å². The van der Waals surface area contributed by atoms with Gasteiger partial charge in [-0.1, -0.05) is 36.7 Å². The van der Waals surface area contributed by atoms with Gasteiger partial charge in [0.1, 0.15) is 0 Å². The number of nitrogens with zero attached hydrogens (tertiary/aromatic N) is 1. The van der Waals surface area contributed by atoms with Gasteiger partial charge in [-0.2, -0.15) is 5.26 Å². The van der Waals surface area contributed by atoms with Gasteiger partial charge in [-0.15, -0.1) is 0 Å². The minimum atomic E-state index is 0.445. The van der Waals surface area contributed by atoms with Crippen molar-refractivity contribution in [3.8, 4) is 6.07 Å². The van der Waals surface area contributed by atoms with E-state index in [1.807, 2.05) is 18.2 Å². The van der Waals surface area contributed by atoms with Crippen molar-refractivity contribution >= 4 is 21.6 Å². The van der Waals surface area contributed by atoms with Gasteiger partial charge in [0.2, 0.25) is 0 Å². The molecule has 86 valence electrons. The van der Waals surface area contributed by atoms with E-state index < -0.39 is 0 Å². The molecular formula is C13H17BrN2. The zero-order chi connectivity index (χ0) is 12.1. The lowest BCUT2D eigenvalue weighted by Gasteiger charge is -2.22. The number of rotatable bonds is 4. The van der Waals surface area contributed by atoms with E-state index in [0.29, 0.717) is 17.5 Å². The Hall–Kier alpha value is -1.01. The lowest BCUT2D eigenvalue weighted by atomic mass is 10.0. The van der Waals surface area contributed by atoms with E-state index in [4.69, 9.17) is 5.26 Å². The fraction of sp³-hybridized carbons (Fsp3) is 0.462. The summed E-state index contributed by atoms with van der Waals surface area (Å²) in [5.41, 5.74) is 1.68. The minimum absolute atomic E-state index is 0.445. The lowest BCUT2D eigenvalue weighted by molar-refractivity contribution is 0.511. The van der Waals surface area contributed by atoms with Crippen molar-refractivity contribution in [2.75, 3.05) is 5.32 Å². The van der Waals surface area contributed by atoms with Crippen molar-refractivity contribution < 1.29 is 0 Å². The molecule has 1 aromatic carbocycles. The Morgan fingerprint density at radius 1 is 1.38 bits per heavy atom. The monoisotopic (exact) mass is 280 g/mol. The maximum atomic E-state index is 8.89. The van der Waals surface area contributed by atoms with Crippen LogP contribution in [0.1, 0.15) is 32.8 Å². The van der Waals surface area contributed by atoms with E-state index in [-0.39, 0.29) is 0 Å². The Bertz CT molecular complexity index is 393. The molecule has 1 N–H and O–H groups in total. The van der Waals surface area contributed by atoms with Crippen molar-refractivity contribution in [2.45, 2.75) is 33.2 Å². The number of hydrogen-bond acceptors (Lipinski definition) is 2. The number of anilines is 1. The fourth-order valence-electron chi connectivity index (χ4n) is 1.69. The highest BCUT2D eigenvalue weighted by molar-refractivity contribution is 9.10. The largest absolute Gasteiger partial charge is 0.382 e. The highest BCUT2D eigenvalue weighted by Crippen LogP contribution is 2.21. The first-order valence-corrected chi connectivity index (χ1v) is 6.33. The van der Waals surface area contributed by atoms with Crippen LogP contribution in [0, 0.1) is 17.2 Å². The first kappa shape index (κ1) is 13.1. The van der Waals surface area contributed by atoms with Crippen LogP contribution in [-0.2, 0) is 0 Å². The topological polar surface area (TPSA) is 35.8 Å². The average molecular weight is 281 g/mol. The molecule has 3 heteroatoms. The highest BCUT2D eigenvalue weighted by atomic mass is 79.9. The van der Waals surface area contributed by atoms with E-state index in [1.165, 1.54) is 0 Å². The molecule has 0 heterocycles. The summed E-state index contributed by atoms with van der Waals surface area (Å²) in [4.78, 5) is 0. The van der Waals surface area contributed by atoms with Crippen LogP contribution in [0.4, 0.5) is 5.69 Å². The second-order valence-corrected chi connectivity index (χ2v) is 5.16. The van der Waals surface area contributed by atoms with Gasteiger partial charge in [0, 0.05) is 16.2 Å². The normalized spacial score (nSPS) is 12.2. The standard InChI is InChI=1S/C13H17BrN2/c1-4-13(9(2)3)16-12-6-10(8-15)5-11(14)7-12/h5-7,9,13,16H,4H2,1-3H3. The first-order chi connectivity index (χ1) is 7.56. The highest BCUT2D eigenvalue weighted by Gasteiger charge is 2.11. The van der Waals surface area contributed by atoms with Gasteiger partial charge in [-0.05, 0) is 30.5 Å². The Labute approximate surface area is 106 Å². The molecule has 1 aromatic rings. The summed E-state index contributed by atoms with van der Waals surface area (Å²) in [6.45, 7) is 6.57. The quantitative estimate of drug-likeness (QED) is 0.899. The number of benzene rings is 1. The number of halogens is 1. The number of nitriles is 1. The van der Waals surface area contributed by atoms with Gasteiger partial charge in [-0.25, -0.2) is 0 Å². The van der Waals surface area contributed by atoms with Crippen molar-refractivity contribution in [3.05, 3.63) is 28.2 Å². The molecule has 0 aromatic heterocycles. The van der Waals surface area contributed by atoms with Gasteiger partial charge in [-0.3, -0.25) is 0 Å². The van der Waals surface area contributed by atoms with Crippen LogP contribution < -0.4 is 5.32 Å². The van der Waals surface area contributed by atoms with Crippen LogP contribution in [-0.4, -0.2) is 6.04 Å². The molecule has 0 fully saturated rings.